The monoisotopic (exact) mass is 460 g/mol. The summed E-state index contributed by atoms with van der Waals surface area (Å²) in [4.78, 5) is 0. The fourth-order valence-electron chi connectivity index (χ4n) is 2.88. The topological polar surface area (TPSA) is 0 Å². The minimum absolute atomic E-state index is 0. The van der Waals surface area contributed by atoms with E-state index in [9.17, 15) is 0 Å². The molecule has 0 aromatic heterocycles. The van der Waals surface area contributed by atoms with Gasteiger partial charge in [0.15, 0.2) is 0 Å². The molecule has 4 heteroatoms. The molecule has 3 aliphatic rings. The molecule has 134 valence electrons. The second-order valence-electron chi connectivity index (χ2n) is 6.58. The van der Waals surface area contributed by atoms with Crippen molar-refractivity contribution < 1.29 is 51.0 Å². The molecule has 0 spiro atoms. The van der Waals surface area contributed by atoms with Crippen molar-refractivity contribution in [3.05, 3.63) is 46.6 Å². The molecule has 1 saturated heterocycles. The van der Waals surface area contributed by atoms with Gasteiger partial charge in [0.2, 0.25) is 0 Å². The van der Waals surface area contributed by atoms with Crippen molar-refractivity contribution >= 4 is 9.52 Å². The Kier molecular flexibility index (Phi) is 19.4. The van der Waals surface area contributed by atoms with Crippen molar-refractivity contribution in [2.24, 2.45) is 11.8 Å². The van der Waals surface area contributed by atoms with Crippen LogP contribution in [0.2, 0.25) is 12.1 Å². The van der Waals surface area contributed by atoms with E-state index < -0.39 is 0 Å². The first-order chi connectivity index (χ1) is 9.90. The Morgan fingerprint density at radius 2 is 1.12 bits per heavy atom. The van der Waals surface area contributed by atoms with Crippen molar-refractivity contribution in [2.75, 3.05) is 0 Å². The third-order valence-corrected chi connectivity index (χ3v) is 6.32. The minimum Gasteiger partial charge on any atom is -1.00 e. The van der Waals surface area contributed by atoms with Crippen LogP contribution < -0.4 is 24.8 Å². The van der Waals surface area contributed by atoms with Crippen LogP contribution in [-0.2, 0) is 26.2 Å². The minimum atomic E-state index is 0. The molecule has 24 heavy (non-hydrogen) atoms. The predicted octanol–water partition coefficient (Wildman–Crippen LogP) is -0.545. The van der Waals surface area contributed by atoms with Crippen molar-refractivity contribution in [1.82, 2.24) is 0 Å². The first-order valence-corrected chi connectivity index (χ1v) is 10.5. The summed E-state index contributed by atoms with van der Waals surface area (Å²) in [7, 11) is 0.543. The van der Waals surface area contributed by atoms with Crippen molar-refractivity contribution in [3.63, 3.8) is 0 Å². The van der Waals surface area contributed by atoms with Crippen LogP contribution in [0.15, 0.2) is 34.4 Å². The first kappa shape index (κ1) is 29.4. The molecule has 1 fully saturated rings. The van der Waals surface area contributed by atoms with Gasteiger partial charge in [0.1, 0.15) is 0 Å². The summed E-state index contributed by atoms with van der Waals surface area (Å²) in [5, 5.41) is 0. The molecule has 0 N–H and O–H groups in total. The summed E-state index contributed by atoms with van der Waals surface area (Å²) < 4.78 is 0. The van der Waals surface area contributed by atoms with E-state index in [1.54, 1.807) is 24.9 Å². The van der Waals surface area contributed by atoms with Crippen LogP contribution in [0.3, 0.4) is 0 Å². The van der Waals surface area contributed by atoms with Crippen molar-refractivity contribution in [3.8, 4) is 0 Å². The van der Waals surface area contributed by atoms with Crippen LogP contribution in [0.25, 0.3) is 0 Å². The number of allylic oxidation sites excluding steroid dienone is 8. The van der Waals surface area contributed by atoms with Gasteiger partial charge in [-0.05, 0) is 0 Å². The normalized spacial score (nSPS) is 23.4. The number of rotatable bonds is 0. The number of hydrogen-bond donors (Lipinski definition) is 0. The summed E-state index contributed by atoms with van der Waals surface area (Å²) in [5.41, 5.74) is 5.41. The summed E-state index contributed by atoms with van der Waals surface area (Å²) in [5.74, 6) is 1.10. The van der Waals surface area contributed by atoms with Crippen LogP contribution in [0.4, 0.5) is 0 Å². The summed E-state index contributed by atoms with van der Waals surface area (Å²) in [6, 6.07) is 3.28. The maximum Gasteiger partial charge on any atom is 4.00 e. The van der Waals surface area contributed by atoms with Gasteiger partial charge in [-0.3, -0.25) is 12.2 Å². The predicted molar refractivity (Wildman–Crippen MR) is 98.1 cm³/mol. The van der Waals surface area contributed by atoms with E-state index in [1.165, 1.54) is 22.3 Å². The first-order valence-electron chi connectivity index (χ1n) is 8.48. The van der Waals surface area contributed by atoms with Gasteiger partial charge in [0.05, 0.1) is 0 Å². The second kappa shape index (κ2) is 15.9. The number of hydrogen-bond acceptors (Lipinski definition) is 0. The molecule has 2 aliphatic carbocycles. The van der Waals surface area contributed by atoms with Gasteiger partial charge in [0.25, 0.3) is 0 Å². The molecular weight excluding hydrogens is 430 g/mol. The van der Waals surface area contributed by atoms with Gasteiger partial charge in [-0.1, -0.05) is 64.5 Å². The zero-order valence-electron chi connectivity index (χ0n) is 16.1. The van der Waals surface area contributed by atoms with Crippen molar-refractivity contribution in [1.29, 1.82) is 0 Å². The van der Waals surface area contributed by atoms with E-state index in [2.05, 4.69) is 65.8 Å². The molecule has 0 amide bonds. The Labute approximate surface area is 184 Å². The van der Waals surface area contributed by atoms with Gasteiger partial charge in [-0.15, -0.1) is 13.8 Å². The molecule has 1 heterocycles. The van der Waals surface area contributed by atoms with Crippen LogP contribution in [-0.4, -0.2) is 9.52 Å². The van der Waals surface area contributed by atoms with Crippen LogP contribution in [0, 0.1) is 24.0 Å². The molecule has 0 aromatic carbocycles. The standard InChI is InChI=1S/2C8H11.C4H10Si.2ClH.Zr/c2*1-6-4-7(2)8(3)5-6;1-2-4-5-3-1;;;/h2*4,6H,1-3H3;1-5H2;2*1H;/q2*-1;;;;+4/p-2. The van der Waals surface area contributed by atoms with Gasteiger partial charge in [-0.2, -0.15) is 12.2 Å². The smallest absolute Gasteiger partial charge is 1.00 e. The molecule has 2 unspecified atom stereocenters. The summed E-state index contributed by atoms with van der Waals surface area (Å²) in [6.07, 6.45) is 14.2. The van der Waals surface area contributed by atoms with Gasteiger partial charge in [-0.25, -0.2) is 22.3 Å². The SMILES string of the molecule is C1CC[SiH2]C1.CC1=[C-]C(C)C=C1C.CC1=[C-]C(C)C=C1C.[Cl-].[Cl-].[Zr+4]. The van der Waals surface area contributed by atoms with E-state index in [1.807, 2.05) is 0 Å². The zero-order valence-corrected chi connectivity index (χ0v) is 21.5. The molecule has 0 saturated carbocycles. The maximum absolute atomic E-state index is 3.29. The average Bonchev–Trinajstić information content (AvgIpc) is 3.09. The molecule has 2 atom stereocenters. The summed E-state index contributed by atoms with van der Waals surface area (Å²) in [6.45, 7) is 12.8. The third-order valence-electron chi connectivity index (χ3n) is 4.32. The van der Waals surface area contributed by atoms with Crippen molar-refractivity contribution in [2.45, 2.75) is 66.5 Å². The Hall–Kier alpha value is 0.640. The molecule has 0 aromatic rings. The molecular formula is C20H32Cl2SiZr. The fraction of sp³-hybridized carbons (Fsp3) is 0.600. The van der Waals surface area contributed by atoms with Crippen LogP contribution in [0.1, 0.15) is 54.4 Å². The van der Waals surface area contributed by atoms with Crippen LogP contribution in [0.5, 0.6) is 0 Å². The average molecular weight is 463 g/mol. The second-order valence-corrected chi connectivity index (χ2v) is 8.70. The Balaban J connectivity index is -0.000000265. The molecule has 1 aliphatic heterocycles. The molecule has 0 radical (unpaired) electrons. The van der Waals surface area contributed by atoms with E-state index >= 15 is 0 Å². The van der Waals surface area contributed by atoms with Gasteiger partial charge in [0, 0.05) is 9.52 Å². The van der Waals surface area contributed by atoms with Gasteiger partial charge >= 0.3 is 26.2 Å². The van der Waals surface area contributed by atoms with E-state index in [-0.39, 0.29) is 51.0 Å². The quantitative estimate of drug-likeness (QED) is 0.335. The largest absolute Gasteiger partial charge is 4.00 e. The molecule has 3 rings (SSSR count). The van der Waals surface area contributed by atoms with E-state index in [0.717, 1.165) is 0 Å². The Morgan fingerprint density at radius 3 is 1.21 bits per heavy atom. The summed E-state index contributed by atoms with van der Waals surface area (Å²) >= 11 is 0. The Morgan fingerprint density at radius 1 is 0.792 bits per heavy atom. The number of halogens is 2. The van der Waals surface area contributed by atoms with E-state index in [4.69, 9.17) is 0 Å². The van der Waals surface area contributed by atoms with Crippen LogP contribution >= 0.6 is 0 Å². The molecule has 0 nitrogen and oxygen atoms in total. The zero-order chi connectivity index (χ0) is 15.8. The maximum atomic E-state index is 3.29. The van der Waals surface area contributed by atoms with E-state index in [0.29, 0.717) is 21.4 Å². The third kappa shape index (κ3) is 12.1. The Bertz CT molecular complexity index is 379. The molecule has 0 bridgehead atoms. The van der Waals surface area contributed by atoms with Gasteiger partial charge < -0.3 is 24.8 Å². The fourth-order valence-corrected chi connectivity index (χ4v) is 4.65.